The Hall–Kier alpha value is -1.64. The van der Waals surface area contributed by atoms with Crippen molar-refractivity contribution in [2.45, 2.75) is 38.4 Å². The number of nitrogens with zero attached hydrogens (tertiary/aromatic N) is 4. The number of halogens is 3. The molecule has 5 nitrogen and oxygen atoms in total. The van der Waals surface area contributed by atoms with E-state index in [0.717, 1.165) is 6.42 Å². The fraction of sp³-hybridized carbons (Fsp3) is 0.545. The second-order valence-electron chi connectivity index (χ2n) is 4.72. The van der Waals surface area contributed by atoms with E-state index in [1.807, 2.05) is 0 Å². The van der Waals surface area contributed by atoms with Crippen LogP contribution in [0.3, 0.4) is 0 Å². The second-order valence-corrected chi connectivity index (χ2v) is 5.76. The maximum Gasteiger partial charge on any atom is 0.435 e. The Labute approximate surface area is 116 Å². The molecule has 0 aliphatic heterocycles. The average molecular weight is 303 g/mol. The summed E-state index contributed by atoms with van der Waals surface area (Å²) >= 11 is 1.17. The van der Waals surface area contributed by atoms with E-state index >= 15 is 0 Å². The van der Waals surface area contributed by atoms with E-state index in [1.54, 1.807) is 6.92 Å². The van der Waals surface area contributed by atoms with Gasteiger partial charge in [0.1, 0.15) is 11.0 Å². The van der Waals surface area contributed by atoms with Crippen molar-refractivity contribution in [3.05, 3.63) is 22.0 Å². The minimum atomic E-state index is -4.42. The molecule has 1 aliphatic rings. The van der Waals surface area contributed by atoms with Crippen molar-refractivity contribution in [2.75, 3.05) is 5.73 Å². The van der Waals surface area contributed by atoms with Crippen molar-refractivity contribution >= 4 is 16.5 Å². The summed E-state index contributed by atoms with van der Waals surface area (Å²) in [6.07, 6.45) is -2.66. The molecular formula is C11H12F3N5S. The molecule has 2 N–H and O–H groups in total. The van der Waals surface area contributed by atoms with Gasteiger partial charge < -0.3 is 5.73 Å². The quantitative estimate of drug-likeness (QED) is 0.925. The van der Waals surface area contributed by atoms with E-state index in [0.29, 0.717) is 34.2 Å². The Morgan fingerprint density at radius 2 is 2.05 bits per heavy atom. The van der Waals surface area contributed by atoms with E-state index < -0.39 is 17.9 Å². The highest BCUT2D eigenvalue weighted by Crippen LogP contribution is 2.38. The Morgan fingerprint density at radius 3 is 2.65 bits per heavy atom. The van der Waals surface area contributed by atoms with Crippen LogP contribution in [-0.4, -0.2) is 20.0 Å². The van der Waals surface area contributed by atoms with Gasteiger partial charge >= 0.3 is 6.18 Å². The fourth-order valence-corrected chi connectivity index (χ4v) is 3.18. The predicted octanol–water partition coefficient (Wildman–Crippen LogP) is 2.43. The first-order valence-corrected chi connectivity index (χ1v) is 6.96. The van der Waals surface area contributed by atoms with Gasteiger partial charge in [-0.15, -0.1) is 10.2 Å². The molecule has 1 aliphatic carbocycles. The normalized spacial score (nSPS) is 16.4. The number of nitrogens with two attached hydrogens (primary N) is 1. The van der Waals surface area contributed by atoms with Crippen molar-refractivity contribution in [2.24, 2.45) is 0 Å². The lowest BCUT2D eigenvalue weighted by molar-refractivity contribution is -0.142. The summed E-state index contributed by atoms with van der Waals surface area (Å²) in [7, 11) is 0. The zero-order chi connectivity index (χ0) is 14.5. The third kappa shape index (κ3) is 2.05. The Bertz CT molecular complexity index is 645. The number of aromatic nitrogens is 4. The van der Waals surface area contributed by atoms with Crippen LogP contribution >= 0.6 is 11.3 Å². The molecule has 108 valence electrons. The van der Waals surface area contributed by atoms with Gasteiger partial charge in [-0.1, -0.05) is 11.3 Å². The average Bonchev–Trinajstić information content (AvgIpc) is 3.00. The van der Waals surface area contributed by atoms with Crippen LogP contribution in [0.2, 0.25) is 0 Å². The maximum absolute atomic E-state index is 13.0. The Morgan fingerprint density at radius 1 is 1.30 bits per heavy atom. The number of nitrogen functional groups attached to an aromatic ring is 1. The smallest absolute Gasteiger partial charge is 0.374 e. The number of rotatable bonds is 2. The molecule has 2 heterocycles. The third-order valence-corrected chi connectivity index (χ3v) is 4.33. The largest absolute Gasteiger partial charge is 0.435 e. The van der Waals surface area contributed by atoms with Gasteiger partial charge in [-0.25, -0.2) is 0 Å². The van der Waals surface area contributed by atoms with Crippen molar-refractivity contribution in [1.29, 1.82) is 0 Å². The lowest BCUT2D eigenvalue weighted by atomic mass is 10.2. The molecule has 3 rings (SSSR count). The van der Waals surface area contributed by atoms with Gasteiger partial charge in [-0.3, -0.25) is 4.68 Å². The van der Waals surface area contributed by atoms with Crippen LogP contribution in [0.4, 0.5) is 18.3 Å². The first-order valence-electron chi connectivity index (χ1n) is 6.14. The van der Waals surface area contributed by atoms with E-state index in [9.17, 15) is 13.2 Å². The molecule has 0 aromatic carbocycles. The second kappa shape index (κ2) is 4.44. The lowest BCUT2D eigenvalue weighted by Gasteiger charge is -2.11. The molecule has 0 radical (unpaired) electrons. The monoisotopic (exact) mass is 303 g/mol. The summed E-state index contributed by atoms with van der Waals surface area (Å²) in [5.74, 6) is 0. The molecule has 0 saturated carbocycles. The van der Waals surface area contributed by atoms with Gasteiger partial charge in [-0.2, -0.15) is 18.3 Å². The van der Waals surface area contributed by atoms with E-state index in [1.165, 1.54) is 16.0 Å². The van der Waals surface area contributed by atoms with Crippen molar-refractivity contribution < 1.29 is 13.2 Å². The molecule has 2 aromatic heterocycles. The minimum Gasteiger partial charge on any atom is -0.374 e. The van der Waals surface area contributed by atoms with Gasteiger partial charge in [0, 0.05) is 11.3 Å². The molecule has 1 atom stereocenters. The van der Waals surface area contributed by atoms with Crippen LogP contribution in [0, 0.1) is 0 Å². The third-order valence-electron chi connectivity index (χ3n) is 3.41. The van der Waals surface area contributed by atoms with Gasteiger partial charge in [-0.05, 0) is 26.2 Å². The van der Waals surface area contributed by atoms with Gasteiger partial charge in [0.05, 0.1) is 0 Å². The van der Waals surface area contributed by atoms with Crippen molar-refractivity contribution in [1.82, 2.24) is 20.0 Å². The zero-order valence-corrected chi connectivity index (χ0v) is 11.4. The van der Waals surface area contributed by atoms with Gasteiger partial charge in [0.2, 0.25) is 5.13 Å². The summed E-state index contributed by atoms with van der Waals surface area (Å²) in [4.78, 5) is 0. The molecule has 0 amide bonds. The molecule has 20 heavy (non-hydrogen) atoms. The fourth-order valence-electron chi connectivity index (χ4n) is 2.53. The summed E-state index contributed by atoms with van der Waals surface area (Å²) in [5, 5.41) is 12.2. The molecule has 0 saturated heterocycles. The first-order chi connectivity index (χ1) is 9.38. The highest BCUT2D eigenvalue weighted by Gasteiger charge is 2.41. The Kier molecular flexibility index (Phi) is 2.96. The number of hydrogen-bond acceptors (Lipinski definition) is 5. The number of fused-ring (bicyclic) bond motifs is 1. The summed E-state index contributed by atoms with van der Waals surface area (Å²) < 4.78 is 40.4. The number of anilines is 1. The molecule has 1 unspecified atom stereocenters. The topological polar surface area (TPSA) is 69.6 Å². The van der Waals surface area contributed by atoms with Gasteiger partial charge in [0.15, 0.2) is 5.69 Å². The predicted molar refractivity (Wildman–Crippen MR) is 67.4 cm³/mol. The van der Waals surface area contributed by atoms with Crippen LogP contribution in [0.25, 0.3) is 0 Å². The minimum absolute atomic E-state index is 0.298. The molecule has 0 bridgehead atoms. The van der Waals surface area contributed by atoms with E-state index in [-0.39, 0.29) is 0 Å². The lowest BCUT2D eigenvalue weighted by Crippen LogP contribution is -2.14. The Balaban J connectivity index is 2.06. The first kappa shape index (κ1) is 13.3. The van der Waals surface area contributed by atoms with Crippen LogP contribution in [0.5, 0.6) is 0 Å². The molecule has 0 spiro atoms. The molecular weight excluding hydrogens is 291 g/mol. The van der Waals surface area contributed by atoms with Crippen LogP contribution in [0.1, 0.15) is 41.3 Å². The maximum atomic E-state index is 13.0. The standard InChI is InChI=1S/C11H12F3N5S/c1-5(9-16-17-10(15)20-9)19-7-4-2-3-6(7)8(18-19)11(12,13)14/h5H,2-4H2,1H3,(H2,15,17). The zero-order valence-electron chi connectivity index (χ0n) is 10.6. The summed E-state index contributed by atoms with van der Waals surface area (Å²) in [6.45, 7) is 1.76. The number of alkyl halides is 3. The van der Waals surface area contributed by atoms with Gasteiger partial charge in [0.25, 0.3) is 0 Å². The summed E-state index contributed by atoms with van der Waals surface area (Å²) in [5.41, 5.74) is 5.72. The highest BCUT2D eigenvalue weighted by molar-refractivity contribution is 7.15. The van der Waals surface area contributed by atoms with Crippen molar-refractivity contribution in [3.8, 4) is 0 Å². The van der Waals surface area contributed by atoms with Crippen LogP contribution < -0.4 is 5.73 Å². The summed E-state index contributed by atoms with van der Waals surface area (Å²) in [6, 6.07) is -0.396. The molecule has 2 aromatic rings. The van der Waals surface area contributed by atoms with Crippen LogP contribution in [-0.2, 0) is 19.0 Å². The SMILES string of the molecule is CC(c1nnc(N)s1)n1nc(C(F)(F)F)c2c1CCC2. The molecule has 9 heteroatoms. The van der Waals surface area contributed by atoms with Crippen LogP contribution in [0.15, 0.2) is 0 Å². The highest BCUT2D eigenvalue weighted by atomic mass is 32.1. The van der Waals surface area contributed by atoms with E-state index in [2.05, 4.69) is 15.3 Å². The number of hydrogen-bond donors (Lipinski definition) is 1. The van der Waals surface area contributed by atoms with E-state index in [4.69, 9.17) is 5.73 Å². The molecule has 0 fully saturated rings. The van der Waals surface area contributed by atoms with Crippen molar-refractivity contribution in [3.63, 3.8) is 0 Å².